The molecule has 0 bridgehead atoms. The van der Waals surface area contributed by atoms with Crippen LogP contribution in [0.15, 0.2) is 67.8 Å². The predicted molar refractivity (Wildman–Crippen MR) is 130 cm³/mol. The molecule has 1 aliphatic rings. The molecular formula is C25H30Cl2N2O. The van der Waals surface area contributed by atoms with E-state index in [1.165, 1.54) is 5.56 Å². The van der Waals surface area contributed by atoms with Crippen molar-refractivity contribution in [3.8, 4) is 0 Å². The van der Waals surface area contributed by atoms with Gasteiger partial charge in [0, 0.05) is 40.8 Å². The van der Waals surface area contributed by atoms with Crippen molar-refractivity contribution in [3.63, 3.8) is 0 Å². The van der Waals surface area contributed by atoms with Crippen molar-refractivity contribution in [3.05, 3.63) is 88.9 Å². The summed E-state index contributed by atoms with van der Waals surface area (Å²) in [4.78, 5) is 17.0. The van der Waals surface area contributed by atoms with Crippen LogP contribution >= 0.6 is 23.2 Å². The minimum Gasteiger partial charge on any atom is -0.319 e. The number of aryl methyl sites for hydroxylation is 1. The standard InChI is InChI=1S/C22H24Cl2N2O.C3H6/c1-4-11-22(3)14-25(13-17-7-8-18(23)12-20(17)24)21(27)26(15-22)19-9-5-16(2)6-10-19;1-3-2/h4-10,12H,1,11,13-15H2,2-3H3;3H,1H2,2H3. The van der Waals surface area contributed by atoms with Crippen LogP contribution in [0.4, 0.5) is 10.5 Å². The summed E-state index contributed by atoms with van der Waals surface area (Å²) < 4.78 is 0. The minimum absolute atomic E-state index is 0.00796. The van der Waals surface area contributed by atoms with E-state index < -0.39 is 0 Å². The Morgan fingerprint density at radius 2 is 1.73 bits per heavy atom. The molecule has 0 saturated carbocycles. The number of anilines is 1. The van der Waals surface area contributed by atoms with Gasteiger partial charge in [0.25, 0.3) is 0 Å². The molecule has 1 atom stereocenters. The number of halogens is 2. The third kappa shape index (κ3) is 6.13. The third-order valence-corrected chi connectivity index (χ3v) is 5.56. The Morgan fingerprint density at radius 1 is 1.10 bits per heavy atom. The first kappa shape index (κ1) is 24.0. The van der Waals surface area contributed by atoms with Gasteiger partial charge < -0.3 is 4.90 Å². The van der Waals surface area contributed by atoms with Crippen molar-refractivity contribution < 1.29 is 4.79 Å². The molecule has 5 heteroatoms. The zero-order valence-corrected chi connectivity index (χ0v) is 19.5. The van der Waals surface area contributed by atoms with E-state index in [0.29, 0.717) is 29.7 Å². The number of carbonyl (C=O) groups excluding carboxylic acids is 1. The number of carbonyl (C=O) groups is 1. The van der Waals surface area contributed by atoms with Gasteiger partial charge in [-0.05, 0) is 50.1 Å². The van der Waals surface area contributed by atoms with Crippen LogP contribution < -0.4 is 4.90 Å². The first-order valence-electron chi connectivity index (χ1n) is 9.98. The van der Waals surface area contributed by atoms with Gasteiger partial charge in [-0.2, -0.15) is 0 Å². The molecule has 0 aromatic heterocycles. The molecule has 3 nitrogen and oxygen atoms in total. The molecule has 3 rings (SSSR count). The Labute approximate surface area is 190 Å². The van der Waals surface area contributed by atoms with Crippen molar-refractivity contribution in [2.24, 2.45) is 5.41 Å². The molecule has 1 fully saturated rings. The largest absolute Gasteiger partial charge is 0.324 e. The number of amides is 2. The second kappa shape index (κ2) is 10.7. The summed E-state index contributed by atoms with van der Waals surface area (Å²) >= 11 is 12.4. The van der Waals surface area contributed by atoms with E-state index in [1.54, 1.807) is 18.2 Å². The fourth-order valence-electron chi connectivity index (χ4n) is 3.58. The van der Waals surface area contributed by atoms with Crippen LogP contribution in [0.2, 0.25) is 10.0 Å². The quantitative estimate of drug-likeness (QED) is 0.437. The summed E-state index contributed by atoms with van der Waals surface area (Å²) in [5.41, 5.74) is 2.88. The normalized spacial score (nSPS) is 18.5. The number of allylic oxidation sites excluding steroid dienone is 2. The van der Waals surface area contributed by atoms with Crippen molar-refractivity contribution in [1.82, 2.24) is 4.90 Å². The molecule has 0 radical (unpaired) electrons. The molecule has 1 heterocycles. The summed E-state index contributed by atoms with van der Waals surface area (Å²) in [5, 5.41) is 1.17. The molecule has 1 aliphatic heterocycles. The van der Waals surface area contributed by atoms with Crippen LogP contribution in [0.25, 0.3) is 0 Å². The maximum Gasteiger partial charge on any atom is 0.324 e. The maximum absolute atomic E-state index is 13.2. The van der Waals surface area contributed by atoms with Gasteiger partial charge in [0.1, 0.15) is 0 Å². The maximum atomic E-state index is 13.2. The summed E-state index contributed by atoms with van der Waals surface area (Å²) in [5.74, 6) is 0. The van der Waals surface area contributed by atoms with Gasteiger partial charge in [0.05, 0.1) is 0 Å². The van der Waals surface area contributed by atoms with Crippen molar-refractivity contribution >= 4 is 34.9 Å². The molecular weight excluding hydrogens is 415 g/mol. The lowest BCUT2D eigenvalue weighted by molar-refractivity contribution is 0.139. The Morgan fingerprint density at radius 3 is 2.30 bits per heavy atom. The molecule has 2 aromatic carbocycles. The van der Waals surface area contributed by atoms with E-state index in [9.17, 15) is 4.79 Å². The van der Waals surface area contributed by atoms with Crippen molar-refractivity contribution in [2.45, 2.75) is 33.7 Å². The van der Waals surface area contributed by atoms with Gasteiger partial charge >= 0.3 is 6.03 Å². The van der Waals surface area contributed by atoms with Gasteiger partial charge in [-0.1, -0.05) is 66.0 Å². The van der Waals surface area contributed by atoms with E-state index in [1.807, 2.05) is 60.1 Å². The van der Waals surface area contributed by atoms with E-state index in [4.69, 9.17) is 23.2 Å². The number of hydrogen-bond acceptors (Lipinski definition) is 1. The number of nitrogens with zero attached hydrogens (tertiary/aromatic N) is 2. The van der Waals surface area contributed by atoms with Gasteiger partial charge in [0.2, 0.25) is 0 Å². The lowest BCUT2D eigenvalue weighted by atomic mass is 9.83. The van der Waals surface area contributed by atoms with Crippen LogP contribution in [0, 0.1) is 12.3 Å². The van der Waals surface area contributed by atoms with Gasteiger partial charge in [-0.3, -0.25) is 4.90 Å². The highest BCUT2D eigenvalue weighted by Gasteiger charge is 2.39. The zero-order valence-electron chi connectivity index (χ0n) is 18.0. The molecule has 1 saturated heterocycles. The highest BCUT2D eigenvalue weighted by molar-refractivity contribution is 6.35. The first-order chi connectivity index (χ1) is 14.2. The first-order valence-corrected chi connectivity index (χ1v) is 10.7. The average molecular weight is 445 g/mol. The summed E-state index contributed by atoms with van der Waals surface area (Å²) in [6.45, 7) is 15.1. The highest BCUT2D eigenvalue weighted by atomic mass is 35.5. The van der Waals surface area contributed by atoms with Gasteiger partial charge in [0.15, 0.2) is 0 Å². The van der Waals surface area contributed by atoms with Crippen LogP contribution in [0.5, 0.6) is 0 Å². The van der Waals surface area contributed by atoms with Crippen LogP contribution in [0.3, 0.4) is 0 Å². The predicted octanol–water partition coefficient (Wildman–Crippen LogP) is 7.52. The monoisotopic (exact) mass is 444 g/mol. The van der Waals surface area contributed by atoms with Crippen LogP contribution in [-0.4, -0.2) is 24.0 Å². The Hall–Kier alpha value is -2.23. The number of urea groups is 1. The van der Waals surface area contributed by atoms with E-state index >= 15 is 0 Å². The highest BCUT2D eigenvalue weighted by Crippen LogP contribution is 2.34. The van der Waals surface area contributed by atoms with Crippen molar-refractivity contribution in [2.75, 3.05) is 18.0 Å². The molecule has 0 spiro atoms. The number of benzene rings is 2. The van der Waals surface area contributed by atoms with Gasteiger partial charge in [-0.15, -0.1) is 13.2 Å². The fraction of sp³-hybridized carbons (Fsp3) is 0.320. The molecule has 2 amide bonds. The summed E-state index contributed by atoms with van der Waals surface area (Å²) in [6, 6.07) is 13.5. The summed E-state index contributed by atoms with van der Waals surface area (Å²) in [7, 11) is 0. The number of rotatable bonds is 5. The average Bonchev–Trinajstić information content (AvgIpc) is 2.68. The van der Waals surface area contributed by atoms with Crippen LogP contribution in [0.1, 0.15) is 31.4 Å². The van der Waals surface area contributed by atoms with Gasteiger partial charge in [-0.25, -0.2) is 4.79 Å². The Bertz CT molecular complexity index is 895. The molecule has 0 N–H and O–H groups in total. The third-order valence-electron chi connectivity index (χ3n) is 4.97. The molecule has 2 aromatic rings. The topological polar surface area (TPSA) is 23.6 Å². The molecule has 1 unspecified atom stereocenters. The molecule has 0 aliphatic carbocycles. The lowest BCUT2D eigenvalue weighted by Gasteiger charge is -2.46. The zero-order chi connectivity index (χ0) is 22.3. The fourth-order valence-corrected chi connectivity index (χ4v) is 4.05. The second-order valence-electron chi connectivity index (χ2n) is 8.01. The molecule has 30 heavy (non-hydrogen) atoms. The molecule has 160 valence electrons. The van der Waals surface area contributed by atoms with E-state index in [0.717, 1.165) is 17.7 Å². The van der Waals surface area contributed by atoms with E-state index in [2.05, 4.69) is 20.1 Å². The Kier molecular flexibility index (Phi) is 8.57. The lowest BCUT2D eigenvalue weighted by Crippen LogP contribution is -2.57. The van der Waals surface area contributed by atoms with E-state index in [-0.39, 0.29) is 11.4 Å². The second-order valence-corrected chi connectivity index (χ2v) is 8.85. The minimum atomic E-state index is -0.0839. The SMILES string of the molecule is C=CC.C=CCC1(C)CN(Cc2ccc(Cl)cc2Cl)C(=O)N(c2ccc(C)cc2)C1. The number of hydrogen-bond donors (Lipinski definition) is 0. The Balaban J connectivity index is 0.00000101. The smallest absolute Gasteiger partial charge is 0.319 e. The van der Waals surface area contributed by atoms with Crippen molar-refractivity contribution in [1.29, 1.82) is 0 Å². The van der Waals surface area contributed by atoms with Crippen LogP contribution in [-0.2, 0) is 6.54 Å². The summed E-state index contributed by atoms with van der Waals surface area (Å²) in [6.07, 6.45) is 4.50.